The van der Waals surface area contributed by atoms with E-state index >= 15 is 0 Å². The first kappa shape index (κ1) is 13.9. The smallest absolute Gasteiger partial charge is 0.246 e. The summed E-state index contributed by atoms with van der Waals surface area (Å²) in [7, 11) is 0. The zero-order valence-corrected chi connectivity index (χ0v) is 12.2. The van der Waals surface area contributed by atoms with Crippen LogP contribution in [-0.2, 0) is 9.53 Å². The van der Waals surface area contributed by atoms with Gasteiger partial charge in [0.2, 0.25) is 12.7 Å². The summed E-state index contributed by atoms with van der Waals surface area (Å²) in [6.07, 6.45) is 3.56. The highest BCUT2D eigenvalue weighted by molar-refractivity contribution is 5.92. The second kappa shape index (κ2) is 5.77. The van der Waals surface area contributed by atoms with E-state index in [1.54, 1.807) is 12.2 Å². The Hall–Kier alpha value is -2.01. The molecule has 2 aliphatic heterocycles. The predicted molar refractivity (Wildman–Crippen MR) is 78.2 cm³/mol. The number of nitrogens with zero attached hydrogens (tertiary/aromatic N) is 1. The summed E-state index contributed by atoms with van der Waals surface area (Å²) < 4.78 is 16.2. The lowest BCUT2D eigenvalue weighted by molar-refractivity contribution is -0.137. The maximum absolute atomic E-state index is 12.2. The number of hydrogen-bond donors (Lipinski definition) is 0. The molecule has 2 atom stereocenters. The zero-order chi connectivity index (χ0) is 14.8. The van der Waals surface area contributed by atoms with Crippen molar-refractivity contribution in [2.24, 2.45) is 0 Å². The number of rotatable bonds is 2. The molecule has 1 amide bonds. The van der Waals surface area contributed by atoms with Crippen LogP contribution in [0.5, 0.6) is 11.5 Å². The molecule has 0 saturated carbocycles. The molecule has 5 heteroatoms. The summed E-state index contributed by atoms with van der Waals surface area (Å²) in [4.78, 5) is 14.0. The molecule has 1 fully saturated rings. The number of amides is 1. The summed E-state index contributed by atoms with van der Waals surface area (Å²) in [5.41, 5.74) is 0.918. The van der Waals surface area contributed by atoms with Gasteiger partial charge in [-0.2, -0.15) is 0 Å². The number of ether oxygens (including phenoxy) is 3. The SMILES string of the molecule is C[C@@H]1CN(C(=O)/C=C\c2ccc3c(c2)OCO3)C[C@@H](C)O1. The monoisotopic (exact) mass is 289 g/mol. The lowest BCUT2D eigenvalue weighted by atomic mass is 10.1. The zero-order valence-electron chi connectivity index (χ0n) is 12.2. The van der Waals surface area contributed by atoms with Gasteiger partial charge < -0.3 is 19.1 Å². The van der Waals surface area contributed by atoms with E-state index in [0.717, 1.165) is 17.1 Å². The van der Waals surface area contributed by atoms with Crippen LogP contribution in [0.3, 0.4) is 0 Å². The maximum atomic E-state index is 12.2. The Morgan fingerprint density at radius 1 is 1.19 bits per heavy atom. The number of hydrogen-bond acceptors (Lipinski definition) is 4. The standard InChI is InChI=1S/C16H19NO4/c1-11-8-17(9-12(2)21-11)16(18)6-4-13-3-5-14-15(7-13)20-10-19-14/h3-7,11-12H,8-10H2,1-2H3/b6-4-/t11-,12-/m1/s1. The number of carbonyl (C=O) groups is 1. The fourth-order valence-electron chi connectivity index (χ4n) is 2.65. The van der Waals surface area contributed by atoms with Crippen molar-refractivity contribution in [1.29, 1.82) is 0 Å². The highest BCUT2D eigenvalue weighted by Crippen LogP contribution is 2.32. The van der Waals surface area contributed by atoms with Crippen LogP contribution < -0.4 is 9.47 Å². The normalized spacial score (nSPS) is 24.6. The van der Waals surface area contributed by atoms with E-state index in [2.05, 4.69) is 0 Å². The van der Waals surface area contributed by atoms with Crippen molar-refractivity contribution < 1.29 is 19.0 Å². The maximum Gasteiger partial charge on any atom is 0.246 e. The minimum Gasteiger partial charge on any atom is -0.454 e. The van der Waals surface area contributed by atoms with Crippen molar-refractivity contribution in [3.63, 3.8) is 0 Å². The molecule has 1 saturated heterocycles. The van der Waals surface area contributed by atoms with Gasteiger partial charge >= 0.3 is 0 Å². The molecule has 0 unspecified atom stereocenters. The van der Waals surface area contributed by atoms with Crippen LogP contribution in [-0.4, -0.2) is 42.9 Å². The van der Waals surface area contributed by atoms with E-state index in [0.29, 0.717) is 13.1 Å². The molecule has 0 aliphatic carbocycles. The number of morpholine rings is 1. The first-order chi connectivity index (χ1) is 10.1. The van der Waals surface area contributed by atoms with Gasteiger partial charge in [-0.05, 0) is 37.6 Å². The Balaban J connectivity index is 1.66. The van der Waals surface area contributed by atoms with Crippen molar-refractivity contribution in [3.05, 3.63) is 29.8 Å². The van der Waals surface area contributed by atoms with Gasteiger partial charge in [0.15, 0.2) is 11.5 Å². The summed E-state index contributed by atoms with van der Waals surface area (Å²) in [5.74, 6) is 1.47. The second-order valence-electron chi connectivity index (χ2n) is 5.45. The van der Waals surface area contributed by atoms with E-state index in [9.17, 15) is 4.79 Å². The molecule has 1 aromatic carbocycles. The number of benzene rings is 1. The van der Waals surface area contributed by atoms with Crippen LogP contribution >= 0.6 is 0 Å². The van der Waals surface area contributed by atoms with Crippen molar-refractivity contribution >= 4 is 12.0 Å². The second-order valence-corrected chi connectivity index (χ2v) is 5.45. The average molecular weight is 289 g/mol. The van der Waals surface area contributed by atoms with Crippen molar-refractivity contribution in [2.45, 2.75) is 26.1 Å². The Morgan fingerprint density at radius 2 is 1.90 bits per heavy atom. The molecule has 0 spiro atoms. The summed E-state index contributed by atoms with van der Waals surface area (Å²) in [6.45, 7) is 5.49. The Bertz CT molecular complexity index is 559. The molecular formula is C16H19NO4. The van der Waals surface area contributed by atoms with Crippen LogP contribution in [0.15, 0.2) is 24.3 Å². The molecule has 3 rings (SSSR count). The molecule has 0 radical (unpaired) electrons. The average Bonchev–Trinajstić information content (AvgIpc) is 2.91. The van der Waals surface area contributed by atoms with Crippen molar-refractivity contribution in [3.8, 4) is 11.5 Å². The molecule has 0 bridgehead atoms. The molecule has 2 aliphatic rings. The van der Waals surface area contributed by atoms with Crippen molar-refractivity contribution in [1.82, 2.24) is 4.90 Å². The lowest BCUT2D eigenvalue weighted by Gasteiger charge is -2.34. The molecular weight excluding hydrogens is 270 g/mol. The summed E-state index contributed by atoms with van der Waals surface area (Å²) in [6, 6.07) is 5.63. The van der Waals surface area contributed by atoms with Gasteiger partial charge in [-0.25, -0.2) is 0 Å². The van der Waals surface area contributed by atoms with Gasteiger partial charge in [0.1, 0.15) is 0 Å². The molecule has 21 heavy (non-hydrogen) atoms. The number of fused-ring (bicyclic) bond motifs is 1. The fourth-order valence-corrected chi connectivity index (χ4v) is 2.65. The highest BCUT2D eigenvalue weighted by atomic mass is 16.7. The third-order valence-electron chi connectivity index (χ3n) is 3.55. The predicted octanol–water partition coefficient (Wildman–Crippen LogP) is 2.06. The first-order valence-corrected chi connectivity index (χ1v) is 7.14. The third-order valence-corrected chi connectivity index (χ3v) is 3.55. The molecule has 0 aromatic heterocycles. The summed E-state index contributed by atoms with van der Waals surface area (Å²) in [5, 5.41) is 0. The Kier molecular flexibility index (Phi) is 3.84. The number of carbonyl (C=O) groups excluding carboxylic acids is 1. The van der Waals surface area contributed by atoms with Gasteiger partial charge in [-0.1, -0.05) is 6.07 Å². The third kappa shape index (κ3) is 3.19. The Morgan fingerprint density at radius 3 is 2.67 bits per heavy atom. The van der Waals surface area contributed by atoms with Gasteiger partial charge in [-0.3, -0.25) is 4.79 Å². The van der Waals surface area contributed by atoms with Crippen LogP contribution in [0, 0.1) is 0 Å². The van der Waals surface area contributed by atoms with Crippen LogP contribution in [0.25, 0.3) is 6.08 Å². The topological polar surface area (TPSA) is 48.0 Å². The molecule has 1 aromatic rings. The van der Waals surface area contributed by atoms with Crippen LogP contribution in [0.2, 0.25) is 0 Å². The quantitative estimate of drug-likeness (QED) is 0.782. The van der Waals surface area contributed by atoms with E-state index in [-0.39, 0.29) is 24.9 Å². The molecule has 112 valence electrons. The lowest BCUT2D eigenvalue weighted by Crippen LogP contribution is -2.47. The Labute approximate surface area is 124 Å². The fraction of sp³-hybridized carbons (Fsp3) is 0.438. The molecule has 2 heterocycles. The van der Waals surface area contributed by atoms with E-state index < -0.39 is 0 Å². The van der Waals surface area contributed by atoms with Gasteiger partial charge in [-0.15, -0.1) is 0 Å². The van der Waals surface area contributed by atoms with Gasteiger partial charge in [0.05, 0.1) is 12.2 Å². The van der Waals surface area contributed by atoms with E-state index in [4.69, 9.17) is 14.2 Å². The van der Waals surface area contributed by atoms with Crippen molar-refractivity contribution in [2.75, 3.05) is 19.9 Å². The minimum absolute atomic E-state index is 0.00895. The van der Waals surface area contributed by atoms with E-state index in [1.165, 1.54) is 0 Å². The van der Waals surface area contributed by atoms with Gasteiger partial charge in [0.25, 0.3) is 0 Å². The van der Waals surface area contributed by atoms with Crippen LogP contribution in [0.1, 0.15) is 19.4 Å². The molecule has 5 nitrogen and oxygen atoms in total. The highest BCUT2D eigenvalue weighted by Gasteiger charge is 2.24. The van der Waals surface area contributed by atoms with E-state index in [1.807, 2.05) is 36.9 Å². The molecule has 0 N–H and O–H groups in total. The largest absolute Gasteiger partial charge is 0.454 e. The first-order valence-electron chi connectivity index (χ1n) is 7.14. The summed E-state index contributed by atoms with van der Waals surface area (Å²) >= 11 is 0. The van der Waals surface area contributed by atoms with Crippen LogP contribution in [0.4, 0.5) is 0 Å². The minimum atomic E-state index is 0.00895. The van der Waals surface area contributed by atoms with Gasteiger partial charge in [0, 0.05) is 19.2 Å².